The van der Waals surface area contributed by atoms with E-state index in [0.717, 1.165) is 25.3 Å². The van der Waals surface area contributed by atoms with Crippen molar-refractivity contribution in [1.82, 2.24) is 15.1 Å². The number of nitrogens with one attached hydrogen (secondary N) is 1. The lowest BCUT2D eigenvalue weighted by atomic mass is 10.1. The summed E-state index contributed by atoms with van der Waals surface area (Å²) in [7, 11) is 1.70. The summed E-state index contributed by atoms with van der Waals surface area (Å²) in [4.78, 5) is 1.26. The second-order valence-electron chi connectivity index (χ2n) is 4.42. The molecule has 0 fully saturated rings. The summed E-state index contributed by atoms with van der Waals surface area (Å²) < 4.78 is 7.27. The number of aromatic nitrogens is 2. The molecule has 0 saturated carbocycles. The highest BCUT2D eigenvalue weighted by Gasteiger charge is 2.17. The minimum atomic E-state index is 0.199. The van der Waals surface area contributed by atoms with Crippen molar-refractivity contribution in [2.45, 2.75) is 32.9 Å². The Morgan fingerprint density at radius 3 is 2.95 bits per heavy atom. The zero-order valence-corrected chi connectivity index (χ0v) is 12.5. The summed E-state index contributed by atoms with van der Waals surface area (Å²) in [5.41, 5.74) is 1.21. The fraction of sp³-hybridized carbons (Fsp3) is 0.500. The highest BCUT2D eigenvalue weighted by molar-refractivity contribution is 7.10. The van der Waals surface area contributed by atoms with Gasteiger partial charge in [-0.05, 0) is 19.0 Å². The van der Waals surface area contributed by atoms with Crippen LogP contribution in [-0.2, 0) is 6.54 Å². The molecule has 5 heteroatoms. The molecule has 1 unspecified atom stereocenters. The van der Waals surface area contributed by atoms with E-state index in [-0.39, 0.29) is 6.04 Å². The minimum absolute atomic E-state index is 0.199. The van der Waals surface area contributed by atoms with Crippen LogP contribution in [0.3, 0.4) is 0 Å². The van der Waals surface area contributed by atoms with Crippen LogP contribution in [0.5, 0.6) is 5.75 Å². The Bertz CT molecular complexity index is 506. The molecule has 104 valence electrons. The van der Waals surface area contributed by atoms with Crippen molar-refractivity contribution in [2.24, 2.45) is 0 Å². The van der Waals surface area contributed by atoms with Crippen LogP contribution in [0, 0.1) is 0 Å². The maximum absolute atomic E-state index is 5.26. The van der Waals surface area contributed by atoms with E-state index in [0.29, 0.717) is 0 Å². The van der Waals surface area contributed by atoms with Crippen molar-refractivity contribution < 1.29 is 4.74 Å². The van der Waals surface area contributed by atoms with Gasteiger partial charge in [0.25, 0.3) is 0 Å². The van der Waals surface area contributed by atoms with Crippen LogP contribution in [-0.4, -0.2) is 23.4 Å². The summed E-state index contributed by atoms with van der Waals surface area (Å²) in [6.07, 6.45) is 5.18. The average Bonchev–Trinajstić information content (AvgIpc) is 3.05. The molecule has 1 atom stereocenters. The molecule has 2 rings (SSSR count). The molecule has 0 spiro atoms. The van der Waals surface area contributed by atoms with Crippen molar-refractivity contribution in [3.63, 3.8) is 0 Å². The largest absolute Gasteiger partial charge is 0.496 e. The van der Waals surface area contributed by atoms with E-state index in [9.17, 15) is 0 Å². The third kappa shape index (κ3) is 3.36. The van der Waals surface area contributed by atoms with Crippen LogP contribution in [0.15, 0.2) is 23.8 Å². The molecule has 0 bridgehead atoms. The SMILES string of the molecule is CCCn1cc(C(NCC)c2cc(OC)cs2)cn1. The van der Waals surface area contributed by atoms with E-state index in [2.05, 4.69) is 36.5 Å². The van der Waals surface area contributed by atoms with Gasteiger partial charge >= 0.3 is 0 Å². The van der Waals surface area contributed by atoms with Gasteiger partial charge in [0, 0.05) is 28.6 Å². The van der Waals surface area contributed by atoms with Gasteiger partial charge in [-0.3, -0.25) is 4.68 Å². The van der Waals surface area contributed by atoms with Crippen molar-refractivity contribution in [2.75, 3.05) is 13.7 Å². The highest BCUT2D eigenvalue weighted by Crippen LogP contribution is 2.30. The number of aryl methyl sites for hydroxylation is 1. The lowest BCUT2D eigenvalue weighted by Gasteiger charge is -2.14. The van der Waals surface area contributed by atoms with Crippen molar-refractivity contribution in [3.8, 4) is 5.75 Å². The molecule has 0 amide bonds. The quantitative estimate of drug-likeness (QED) is 0.846. The lowest BCUT2D eigenvalue weighted by Crippen LogP contribution is -2.20. The van der Waals surface area contributed by atoms with Crippen LogP contribution in [0.4, 0.5) is 0 Å². The van der Waals surface area contributed by atoms with Crippen LogP contribution in [0.2, 0.25) is 0 Å². The molecule has 2 heterocycles. The van der Waals surface area contributed by atoms with E-state index in [1.807, 2.05) is 16.3 Å². The van der Waals surface area contributed by atoms with Gasteiger partial charge in [-0.1, -0.05) is 13.8 Å². The Morgan fingerprint density at radius 1 is 1.47 bits per heavy atom. The first-order valence-corrected chi connectivity index (χ1v) is 7.54. The number of nitrogens with zero attached hydrogens (tertiary/aromatic N) is 2. The molecule has 0 saturated heterocycles. The predicted molar refractivity (Wildman–Crippen MR) is 78.9 cm³/mol. The summed E-state index contributed by atoms with van der Waals surface area (Å²) >= 11 is 1.72. The van der Waals surface area contributed by atoms with E-state index < -0.39 is 0 Å². The van der Waals surface area contributed by atoms with Crippen LogP contribution < -0.4 is 10.1 Å². The zero-order valence-electron chi connectivity index (χ0n) is 11.7. The Morgan fingerprint density at radius 2 is 2.32 bits per heavy atom. The fourth-order valence-corrected chi connectivity index (χ4v) is 3.02. The lowest BCUT2D eigenvalue weighted by molar-refractivity contribution is 0.416. The average molecular weight is 279 g/mol. The molecule has 19 heavy (non-hydrogen) atoms. The van der Waals surface area contributed by atoms with Gasteiger partial charge in [0.15, 0.2) is 0 Å². The molecule has 4 nitrogen and oxygen atoms in total. The summed E-state index contributed by atoms with van der Waals surface area (Å²) in [6, 6.07) is 2.29. The van der Waals surface area contributed by atoms with Crippen molar-refractivity contribution >= 4 is 11.3 Å². The number of rotatable bonds is 7. The van der Waals surface area contributed by atoms with Gasteiger partial charge in [0.1, 0.15) is 5.75 Å². The molecule has 0 radical (unpaired) electrons. The molecule has 0 aromatic carbocycles. The van der Waals surface area contributed by atoms with E-state index in [1.54, 1.807) is 18.4 Å². The first-order chi connectivity index (χ1) is 9.28. The van der Waals surface area contributed by atoms with E-state index in [4.69, 9.17) is 4.74 Å². The maximum atomic E-state index is 5.26. The van der Waals surface area contributed by atoms with Crippen LogP contribution in [0.25, 0.3) is 0 Å². The standard InChI is InChI=1S/C14H21N3OS/c1-4-6-17-9-11(8-16-17)14(15-5-2)13-7-12(18-3)10-19-13/h7-10,14-15H,4-6H2,1-3H3. The third-order valence-corrected chi connectivity index (χ3v) is 3.94. The second kappa shape index (κ2) is 6.73. The number of hydrogen-bond donors (Lipinski definition) is 1. The molecule has 2 aromatic rings. The summed E-state index contributed by atoms with van der Waals surface area (Å²) in [6.45, 7) is 6.16. The van der Waals surface area contributed by atoms with Crippen molar-refractivity contribution in [1.29, 1.82) is 0 Å². The molecule has 0 aliphatic rings. The Hall–Kier alpha value is -1.33. The Balaban J connectivity index is 2.22. The van der Waals surface area contributed by atoms with E-state index in [1.165, 1.54) is 10.4 Å². The highest BCUT2D eigenvalue weighted by atomic mass is 32.1. The molecule has 0 aliphatic carbocycles. The second-order valence-corrected chi connectivity index (χ2v) is 5.36. The number of ether oxygens (including phenoxy) is 1. The number of methoxy groups -OCH3 is 1. The molecule has 2 aromatic heterocycles. The predicted octanol–water partition coefficient (Wildman–Crippen LogP) is 3.06. The van der Waals surface area contributed by atoms with E-state index >= 15 is 0 Å². The van der Waals surface area contributed by atoms with Crippen molar-refractivity contribution in [3.05, 3.63) is 34.3 Å². The van der Waals surface area contributed by atoms with Crippen LogP contribution in [0.1, 0.15) is 36.8 Å². The zero-order chi connectivity index (χ0) is 13.7. The fourth-order valence-electron chi connectivity index (χ4n) is 2.06. The molecule has 1 N–H and O–H groups in total. The normalized spacial score (nSPS) is 12.6. The first-order valence-electron chi connectivity index (χ1n) is 6.66. The summed E-state index contributed by atoms with van der Waals surface area (Å²) in [5, 5.41) is 9.96. The number of hydrogen-bond acceptors (Lipinski definition) is 4. The Kier molecular flexibility index (Phi) is 4.99. The number of thiophene rings is 1. The molecule has 0 aliphatic heterocycles. The summed E-state index contributed by atoms with van der Waals surface area (Å²) in [5.74, 6) is 0.920. The van der Waals surface area contributed by atoms with Gasteiger partial charge in [0.05, 0.1) is 19.3 Å². The molecular formula is C14H21N3OS. The Labute approximate surface area is 118 Å². The maximum Gasteiger partial charge on any atom is 0.129 e. The van der Waals surface area contributed by atoms with Gasteiger partial charge in [0.2, 0.25) is 0 Å². The van der Waals surface area contributed by atoms with Crippen LogP contribution >= 0.6 is 11.3 Å². The van der Waals surface area contributed by atoms with Gasteiger partial charge in [-0.25, -0.2) is 0 Å². The molecular weight excluding hydrogens is 258 g/mol. The minimum Gasteiger partial charge on any atom is -0.496 e. The van der Waals surface area contributed by atoms with Gasteiger partial charge in [-0.15, -0.1) is 11.3 Å². The topological polar surface area (TPSA) is 39.1 Å². The smallest absolute Gasteiger partial charge is 0.129 e. The van der Waals surface area contributed by atoms with Gasteiger partial charge < -0.3 is 10.1 Å². The van der Waals surface area contributed by atoms with Gasteiger partial charge in [-0.2, -0.15) is 5.10 Å². The monoisotopic (exact) mass is 279 g/mol. The third-order valence-electron chi connectivity index (χ3n) is 2.96. The first kappa shape index (κ1) is 14.1.